The van der Waals surface area contributed by atoms with Crippen LogP contribution in [0.5, 0.6) is 5.75 Å². The van der Waals surface area contributed by atoms with E-state index in [2.05, 4.69) is 15.5 Å². The van der Waals surface area contributed by atoms with Crippen LogP contribution in [0.3, 0.4) is 0 Å². The predicted molar refractivity (Wildman–Crippen MR) is 115 cm³/mol. The van der Waals surface area contributed by atoms with Crippen molar-refractivity contribution >= 4 is 34.8 Å². The third-order valence-electron chi connectivity index (χ3n) is 5.57. The van der Waals surface area contributed by atoms with Crippen molar-refractivity contribution < 1.29 is 14.7 Å². The number of hydrogen-bond donors (Lipinski definition) is 3. The van der Waals surface area contributed by atoms with Crippen LogP contribution in [0.15, 0.2) is 36.4 Å². The number of benzene rings is 2. The van der Waals surface area contributed by atoms with Crippen LogP contribution in [-0.4, -0.2) is 55.7 Å². The van der Waals surface area contributed by atoms with E-state index in [1.54, 1.807) is 21.6 Å². The first kappa shape index (κ1) is 20.1. The van der Waals surface area contributed by atoms with Gasteiger partial charge in [-0.05, 0) is 36.5 Å². The molecule has 0 radical (unpaired) electrons. The second kappa shape index (κ2) is 8.27. The molecule has 0 saturated carbocycles. The molecule has 0 bridgehead atoms. The van der Waals surface area contributed by atoms with Crippen molar-refractivity contribution in [2.75, 3.05) is 13.1 Å². The Kier molecular flexibility index (Phi) is 5.54. The molecule has 8 nitrogen and oxygen atoms in total. The second-order valence-corrected chi connectivity index (χ2v) is 7.77. The highest BCUT2D eigenvalue weighted by molar-refractivity contribution is 7.71. The maximum atomic E-state index is 13.1. The van der Waals surface area contributed by atoms with Gasteiger partial charge in [-0.25, -0.2) is 0 Å². The Bertz CT molecular complexity index is 1170. The molecule has 2 aromatic carbocycles. The number of hydrogen-bond acceptors (Lipinski definition) is 5. The Morgan fingerprint density at radius 3 is 2.87 bits per heavy atom. The molecule has 3 N–H and O–H groups in total. The summed E-state index contributed by atoms with van der Waals surface area (Å²) in [6, 6.07) is 10.2. The minimum Gasteiger partial charge on any atom is -0.506 e. The number of fused-ring (bicyclic) bond motifs is 1. The first-order chi connectivity index (χ1) is 14.5. The van der Waals surface area contributed by atoms with Crippen LogP contribution in [0.1, 0.15) is 29.0 Å². The average molecular weight is 426 g/mol. The molecule has 3 aromatic rings. The Balaban J connectivity index is 1.45. The zero-order valence-corrected chi connectivity index (χ0v) is 17.4. The van der Waals surface area contributed by atoms with E-state index in [1.807, 2.05) is 31.3 Å². The molecule has 30 heavy (non-hydrogen) atoms. The lowest BCUT2D eigenvalue weighted by Gasteiger charge is -2.24. The normalized spacial score (nSPS) is 16.2. The van der Waals surface area contributed by atoms with Crippen molar-refractivity contribution in [2.24, 2.45) is 7.05 Å². The lowest BCUT2D eigenvalue weighted by molar-refractivity contribution is -0.124. The van der Waals surface area contributed by atoms with E-state index < -0.39 is 6.04 Å². The maximum Gasteiger partial charge on any atom is 0.258 e. The SMILES string of the molecule is Cn1c(CCNC(=O)C2CCCN2C(=O)c2ccc3ccccc3c2O)n[nH]c1=S. The van der Waals surface area contributed by atoms with Crippen LogP contribution in [0, 0.1) is 4.77 Å². The third kappa shape index (κ3) is 3.68. The monoisotopic (exact) mass is 425 g/mol. The van der Waals surface area contributed by atoms with E-state index in [0.29, 0.717) is 36.1 Å². The van der Waals surface area contributed by atoms with Crippen molar-refractivity contribution in [1.82, 2.24) is 25.0 Å². The van der Waals surface area contributed by atoms with Gasteiger partial charge in [0, 0.05) is 31.9 Å². The number of carbonyl (C=O) groups is 2. The average Bonchev–Trinajstić information content (AvgIpc) is 3.36. The van der Waals surface area contributed by atoms with E-state index >= 15 is 0 Å². The summed E-state index contributed by atoms with van der Waals surface area (Å²) in [5.41, 5.74) is 0.218. The smallest absolute Gasteiger partial charge is 0.258 e. The fraction of sp³-hybridized carbons (Fsp3) is 0.333. The zero-order chi connectivity index (χ0) is 21.3. The molecule has 1 aliphatic rings. The summed E-state index contributed by atoms with van der Waals surface area (Å²) in [6.07, 6.45) is 1.87. The van der Waals surface area contributed by atoms with Gasteiger partial charge in [0.2, 0.25) is 5.91 Å². The highest BCUT2D eigenvalue weighted by Crippen LogP contribution is 2.31. The van der Waals surface area contributed by atoms with Crippen LogP contribution < -0.4 is 5.32 Å². The molecular formula is C21H23N5O3S. The largest absolute Gasteiger partial charge is 0.506 e. The van der Waals surface area contributed by atoms with Crippen molar-refractivity contribution in [1.29, 1.82) is 0 Å². The maximum absolute atomic E-state index is 13.1. The van der Waals surface area contributed by atoms with Gasteiger partial charge in [-0.3, -0.25) is 14.7 Å². The summed E-state index contributed by atoms with van der Waals surface area (Å²) in [5, 5.41) is 21.8. The van der Waals surface area contributed by atoms with Gasteiger partial charge in [0.15, 0.2) is 4.77 Å². The number of phenolic OH excluding ortho intramolecular Hbond substituents is 1. The summed E-state index contributed by atoms with van der Waals surface area (Å²) in [4.78, 5) is 27.4. The Morgan fingerprint density at radius 2 is 2.10 bits per heavy atom. The lowest BCUT2D eigenvalue weighted by atomic mass is 10.0. The number of aromatic amines is 1. The molecular weight excluding hydrogens is 402 g/mol. The van der Waals surface area contributed by atoms with Crippen molar-refractivity contribution in [3.63, 3.8) is 0 Å². The number of amides is 2. The Morgan fingerprint density at radius 1 is 1.30 bits per heavy atom. The number of carbonyl (C=O) groups excluding carboxylic acids is 2. The first-order valence-electron chi connectivity index (χ1n) is 9.87. The number of rotatable bonds is 5. The molecule has 1 atom stereocenters. The molecule has 1 aliphatic heterocycles. The Labute approximate surface area is 178 Å². The number of aromatic nitrogens is 3. The molecule has 0 spiro atoms. The minimum absolute atomic E-state index is 0.0464. The van der Waals surface area contributed by atoms with Gasteiger partial charge in [0.05, 0.1) is 5.56 Å². The van der Waals surface area contributed by atoms with E-state index in [-0.39, 0.29) is 23.1 Å². The highest BCUT2D eigenvalue weighted by atomic mass is 32.1. The number of H-pyrrole nitrogens is 1. The first-order valence-corrected chi connectivity index (χ1v) is 10.3. The van der Waals surface area contributed by atoms with Crippen LogP contribution in [0.4, 0.5) is 0 Å². The van der Waals surface area contributed by atoms with Crippen LogP contribution in [0.25, 0.3) is 10.8 Å². The molecule has 156 valence electrons. The zero-order valence-electron chi connectivity index (χ0n) is 16.6. The van der Waals surface area contributed by atoms with Gasteiger partial charge in [0.1, 0.15) is 17.6 Å². The lowest BCUT2D eigenvalue weighted by Crippen LogP contribution is -2.46. The summed E-state index contributed by atoms with van der Waals surface area (Å²) in [5.74, 6) is 0.180. The van der Waals surface area contributed by atoms with E-state index in [4.69, 9.17) is 12.2 Å². The molecule has 1 aromatic heterocycles. The fourth-order valence-electron chi connectivity index (χ4n) is 3.88. The van der Waals surface area contributed by atoms with Crippen LogP contribution in [-0.2, 0) is 18.3 Å². The summed E-state index contributed by atoms with van der Waals surface area (Å²) in [7, 11) is 1.82. The predicted octanol–water partition coefficient (Wildman–Crippen LogP) is 2.30. The third-order valence-corrected chi connectivity index (χ3v) is 5.93. The quantitative estimate of drug-likeness (QED) is 0.544. The van der Waals surface area contributed by atoms with Crippen molar-refractivity contribution in [3.05, 3.63) is 52.6 Å². The summed E-state index contributed by atoms with van der Waals surface area (Å²) >= 11 is 5.09. The van der Waals surface area contributed by atoms with Crippen molar-refractivity contribution in [3.8, 4) is 5.75 Å². The van der Waals surface area contributed by atoms with E-state index in [0.717, 1.165) is 17.6 Å². The molecule has 2 heterocycles. The number of likely N-dealkylation sites (tertiary alicyclic amines) is 1. The van der Waals surface area contributed by atoms with E-state index in [1.165, 1.54) is 0 Å². The van der Waals surface area contributed by atoms with Gasteiger partial charge in [-0.1, -0.05) is 30.3 Å². The van der Waals surface area contributed by atoms with Gasteiger partial charge in [-0.2, -0.15) is 5.10 Å². The topological polar surface area (TPSA) is 103 Å². The molecule has 1 saturated heterocycles. The van der Waals surface area contributed by atoms with Crippen LogP contribution >= 0.6 is 12.2 Å². The summed E-state index contributed by atoms with van der Waals surface area (Å²) < 4.78 is 2.29. The van der Waals surface area contributed by atoms with Gasteiger partial charge >= 0.3 is 0 Å². The van der Waals surface area contributed by atoms with E-state index in [9.17, 15) is 14.7 Å². The number of nitrogens with one attached hydrogen (secondary N) is 2. The van der Waals surface area contributed by atoms with Gasteiger partial charge < -0.3 is 19.9 Å². The Hall–Kier alpha value is -3.20. The standard InChI is InChI=1S/C21H23N5O3S/c1-25-17(23-24-21(25)30)10-11-22-19(28)16-7-4-12-26(16)20(29)15-9-8-13-5-2-3-6-14(13)18(15)27/h2-3,5-6,8-9,16,27H,4,7,10-12H2,1H3,(H,22,28)(H,24,30). The molecule has 0 aliphatic carbocycles. The molecule has 1 unspecified atom stereocenters. The molecule has 2 amide bonds. The fourth-order valence-corrected chi connectivity index (χ4v) is 4.03. The highest BCUT2D eigenvalue weighted by Gasteiger charge is 2.35. The second-order valence-electron chi connectivity index (χ2n) is 7.38. The van der Waals surface area contributed by atoms with Gasteiger partial charge in [-0.15, -0.1) is 0 Å². The summed E-state index contributed by atoms with van der Waals surface area (Å²) in [6.45, 7) is 0.878. The van der Waals surface area contributed by atoms with Gasteiger partial charge in [0.25, 0.3) is 5.91 Å². The number of aromatic hydroxyl groups is 1. The molecule has 9 heteroatoms. The van der Waals surface area contributed by atoms with Crippen molar-refractivity contribution in [2.45, 2.75) is 25.3 Å². The minimum atomic E-state index is -0.550. The molecule has 1 fully saturated rings. The van der Waals surface area contributed by atoms with Crippen LogP contribution in [0.2, 0.25) is 0 Å². The number of phenols is 1. The molecule has 4 rings (SSSR count). The number of nitrogens with zero attached hydrogens (tertiary/aromatic N) is 3.